The van der Waals surface area contributed by atoms with E-state index in [0.717, 1.165) is 11.1 Å². The molecule has 0 bridgehead atoms. The number of oxazole rings is 1. The molecule has 0 radical (unpaired) electrons. The summed E-state index contributed by atoms with van der Waals surface area (Å²) in [5.74, 6) is 0. The first-order valence-electron chi connectivity index (χ1n) is 2.75. The number of benzene rings is 1. The molecular weight excluding hydrogens is 170 g/mol. The predicted molar refractivity (Wildman–Crippen MR) is 34.0 cm³/mol. The first-order valence-corrected chi connectivity index (χ1v) is 2.75. The first kappa shape index (κ1) is 7.32. The van der Waals surface area contributed by atoms with Crippen molar-refractivity contribution < 1.29 is 21.5 Å². The summed E-state index contributed by atoms with van der Waals surface area (Å²) in [5, 5.41) is 0. The van der Waals surface area contributed by atoms with Crippen molar-refractivity contribution >= 4 is 11.1 Å². The van der Waals surface area contributed by atoms with Crippen molar-refractivity contribution in [3.63, 3.8) is 0 Å². The number of rotatable bonds is 0. The van der Waals surface area contributed by atoms with Crippen molar-refractivity contribution in [1.82, 2.24) is 4.98 Å². The van der Waals surface area contributed by atoms with Gasteiger partial charge in [-0.25, -0.2) is 4.98 Å². The van der Waals surface area contributed by atoms with Crippen LogP contribution in [0.15, 0.2) is 35.1 Å². The zero-order chi connectivity index (χ0) is 6.10. The van der Waals surface area contributed by atoms with Crippen LogP contribution in [0.3, 0.4) is 0 Å². The van der Waals surface area contributed by atoms with Gasteiger partial charge in [0.05, 0.1) is 0 Å². The maximum atomic E-state index is 5.01. The van der Waals surface area contributed by atoms with E-state index >= 15 is 0 Å². The summed E-state index contributed by atoms with van der Waals surface area (Å²) in [7, 11) is 0. The summed E-state index contributed by atoms with van der Waals surface area (Å²) in [4.78, 5) is 3.95. The largest absolute Gasteiger partial charge is 0.443 e. The van der Waals surface area contributed by atoms with Crippen molar-refractivity contribution in [1.29, 1.82) is 0 Å². The molecule has 0 saturated carbocycles. The number of nitrogens with zero attached hydrogens (tertiary/aromatic N) is 1. The molecule has 0 aliphatic rings. The molecule has 10 heavy (non-hydrogen) atoms. The number of fused-ring (bicyclic) bond motifs is 1. The molecule has 0 aliphatic carbocycles. The van der Waals surface area contributed by atoms with Gasteiger partial charge in [0, 0.05) is 17.1 Å². The molecule has 0 fully saturated rings. The Morgan fingerprint density at radius 3 is 2.80 bits per heavy atom. The van der Waals surface area contributed by atoms with E-state index in [2.05, 4.69) is 4.98 Å². The quantitative estimate of drug-likeness (QED) is 0.570. The van der Waals surface area contributed by atoms with Crippen LogP contribution in [0, 0.1) is 0 Å². The zero-order valence-electron chi connectivity index (χ0n) is 5.10. The Morgan fingerprint density at radius 2 is 2.00 bits per heavy atom. The monoisotopic (exact) mass is 175 g/mol. The fraction of sp³-hybridized carbons (Fsp3) is 0. The van der Waals surface area contributed by atoms with Crippen molar-refractivity contribution in [3.8, 4) is 0 Å². The van der Waals surface area contributed by atoms with E-state index in [4.69, 9.17) is 4.42 Å². The van der Waals surface area contributed by atoms with Gasteiger partial charge in [-0.1, -0.05) is 12.1 Å². The van der Waals surface area contributed by atoms with Gasteiger partial charge in [0.2, 0.25) is 0 Å². The van der Waals surface area contributed by atoms with E-state index in [1.165, 1.54) is 6.39 Å². The molecule has 0 N–H and O–H groups in total. The third-order valence-corrected chi connectivity index (χ3v) is 1.24. The van der Waals surface area contributed by atoms with Crippen LogP contribution in [-0.2, 0) is 17.1 Å². The fourth-order valence-electron chi connectivity index (χ4n) is 0.803. The van der Waals surface area contributed by atoms with E-state index in [1.54, 1.807) is 0 Å². The van der Waals surface area contributed by atoms with Gasteiger partial charge in [-0.15, -0.1) is 0 Å². The Balaban J connectivity index is 0.000000500. The average Bonchev–Trinajstić information content (AvgIpc) is 2.33. The molecule has 0 amide bonds. The minimum absolute atomic E-state index is 0. The molecule has 1 aromatic carbocycles. The Kier molecular flexibility index (Phi) is 2.09. The van der Waals surface area contributed by atoms with Crippen LogP contribution in [0.25, 0.3) is 11.1 Å². The zero-order valence-corrected chi connectivity index (χ0v) is 6.20. The van der Waals surface area contributed by atoms with Crippen LogP contribution in [0.4, 0.5) is 0 Å². The van der Waals surface area contributed by atoms with Gasteiger partial charge in [-0.05, 0) is 12.1 Å². The molecule has 2 rings (SSSR count). The van der Waals surface area contributed by atoms with E-state index < -0.39 is 0 Å². The second-order valence-electron chi connectivity index (χ2n) is 1.82. The fourth-order valence-corrected chi connectivity index (χ4v) is 0.803. The molecule has 1 aromatic heterocycles. The standard InChI is InChI=1S/C7H5NO.Fe/c1-2-4-7-6(3-1)8-5-9-7;/h1-5H;. The summed E-state index contributed by atoms with van der Waals surface area (Å²) >= 11 is 0. The van der Waals surface area contributed by atoms with Crippen molar-refractivity contribution in [2.45, 2.75) is 0 Å². The Labute approximate surface area is 68.7 Å². The van der Waals surface area contributed by atoms with Crippen LogP contribution < -0.4 is 0 Å². The third kappa shape index (κ3) is 1.06. The summed E-state index contributed by atoms with van der Waals surface area (Å²) < 4.78 is 5.01. The van der Waals surface area contributed by atoms with Crippen molar-refractivity contribution in [2.24, 2.45) is 0 Å². The Morgan fingerprint density at radius 1 is 1.20 bits per heavy atom. The summed E-state index contributed by atoms with van der Waals surface area (Å²) in [6.45, 7) is 0. The second kappa shape index (κ2) is 2.86. The van der Waals surface area contributed by atoms with Crippen LogP contribution >= 0.6 is 0 Å². The van der Waals surface area contributed by atoms with Gasteiger partial charge in [-0.3, -0.25) is 0 Å². The molecule has 3 heteroatoms. The molecule has 0 unspecified atom stereocenters. The first-order chi connectivity index (χ1) is 4.47. The molecule has 2 nitrogen and oxygen atoms in total. The van der Waals surface area contributed by atoms with Crippen LogP contribution in [-0.4, -0.2) is 4.98 Å². The molecule has 2 aromatic rings. The molecule has 0 saturated heterocycles. The van der Waals surface area contributed by atoms with Gasteiger partial charge < -0.3 is 4.42 Å². The number of hydrogen-bond acceptors (Lipinski definition) is 2. The molecular formula is C7H5FeNO. The van der Waals surface area contributed by atoms with Gasteiger partial charge >= 0.3 is 0 Å². The van der Waals surface area contributed by atoms with Crippen LogP contribution in [0.1, 0.15) is 0 Å². The maximum Gasteiger partial charge on any atom is 0.181 e. The number of para-hydroxylation sites is 2. The van der Waals surface area contributed by atoms with Crippen LogP contribution in [0.2, 0.25) is 0 Å². The Hall–Kier alpha value is -0.791. The number of aromatic nitrogens is 1. The maximum absolute atomic E-state index is 5.01. The molecule has 0 atom stereocenters. The van der Waals surface area contributed by atoms with Crippen LogP contribution in [0.5, 0.6) is 0 Å². The van der Waals surface area contributed by atoms with Gasteiger partial charge in [0.15, 0.2) is 12.0 Å². The molecule has 0 aliphatic heterocycles. The molecule has 52 valence electrons. The molecule has 0 spiro atoms. The third-order valence-electron chi connectivity index (χ3n) is 1.24. The SMILES string of the molecule is [Fe].c1ccc2ocnc2c1. The average molecular weight is 175 g/mol. The van der Waals surface area contributed by atoms with Crippen molar-refractivity contribution in [2.75, 3.05) is 0 Å². The van der Waals surface area contributed by atoms with E-state index in [9.17, 15) is 0 Å². The smallest absolute Gasteiger partial charge is 0.181 e. The Bertz CT molecular complexity index is 288. The normalized spacial score (nSPS) is 9.20. The topological polar surface area (TPSA) is 26.0 Å². The summed E-state index contributed by atoms with van der Waals surface area (Å²) in [6, 6.07) is 7.67. The van der Waals surface area contributed by atoms with Crippen molar-refractivity contribution in [3.05, 3.63) is 30.7 Å². The minimum Gasteiger partial charge on any atom is -0.443 e. The summed E-state index contributed by atoms with van der Waals surface area (Å²) in [5.41, 5.74) is 1.76. The number of hydrogen-bond donors (Lipinski definition) is 0. The minimum atomic E-state index is 0. The van der Waals surface area contributed by atoms with Gasteiger partial charge in [0.1, 0.15) is 5.52 Å². The second-order valence-corrected chi connectivity index (χ2v) is 1.82. The van der Waals surface area contributed by atoms with Gasteiger partial charge in [0.25, 0.3) is 0 Å². The van der Waals surface area contributed by atoms with E-state index in [0.29, 0.717) is 0 Å². The van der Waals surface area contributed by atoms with Gasteiger partial charge in [-0.2, -0.15) is 0 Å². The molecule has 1 heterocycles. The van der Waals surface area contributed by atoms with E-state index in [-0.39, 0.29) is 17.1 Å². The summed E-state index contributed by atoms with van der Waals surface area (Å²) in [6.07, 6.45) is 1.45. The van der Waals surface area contributed by atoms with E-state index in [1.807, 2.05) is 24.3 Å². The predicted octanol–water partition coefficient (Wildman–Crippen LogP) is 1.83.